The SMILES string of the molecule is CN=C(NCCNC(=O)c1scnc1C)NCc1ccc(Cl)cc1. The van der Waals surface area contributed by atoms with Crippen LogP contribution in [0.4, 0.5) is 0 Å². The highest BCUT2D eigenvalue weighted by Gasteiger charge is 2.10. The first-order chi connectivity index (χ1) is 11.6. The van der Waals surface area contributed by atoms with E-state index in [1.165, 1.54) is 11.3 Å². The zero-order valence-corrected chi connectivity index (χ0v) is 15.2. The van der Waals surface area contributed by atoms with Gasteiger partial charge in [0.1, 0.15) is 4.88 Å². The fourth-order valence-electron chi connectivity index (χ4n) is 1.97. The van der Waals surface area contributed by atoms with Gasteiger partial charge < -0.3 is 16.0 Å². The summed E-state index contributed by atoms with van der Waals surface area (Å²) >= 11 is 7.21. The molecule has 0 aliphatic rings. The Balaban J connectivity index is 1.69. The van der Waals surface area contributed by atoms with Crippen LogP contribution in [-0.2, 0) is 6.54 Å². The topological polar surface area (TPSA) is 78.4 Å². The molecule has 128 valence electrons. The van der Waals surface area contributed by atoms with Crippen LogP contribution in [0, 0.1) is 6.92 Å². The number of amides is 1. The Kier molecular flexibility index (Phi) is 7.02. The molecule has 0 saturated heterocycles. The maximum atomic E-state index is 12.0. The number of nitrogens with zero attached hydrogens (tertiary/aromatic N) is 2. The molecule has 8 heteroatoms. The zero-order valence-electron chi connectivity index (χ0n) is 13.6. The Hall–Kier alpha value is -2.12. The van der Waals surface area contributed by atoms with E-state index in [9.17, 15) is 4.79 Å². The first kappa shape index (κ1) is 18.2. The molecule has 1 aromatic heterocycles. The monoisotopic (exact) mass is 365 g/mol. The van der Waals surface area contributed by atoms with E-state index in [2.05, 4.69) is 25.9 Å². The summed E-state index contributed by atoms with van der Waals surface area (Å²) in [4.78, 5) is 20.8. The number of guanidine groups is 1. The number of carbonyl (C=O) groups excluding carboxylic acids is 1. The fourth-order valence-corrected chi connectivity index (χ4v) is 2.81. The van der Waals surface area contributed by atoms with Crippen molar-refractivity contribution in [3.63, 3.8) is 0 Å². The van der Waals surface area contributed by atoms with Gasteiger partial charge in [0.2, 0.25) is 0 Å². The predicted octanol–water partition coefficient (Wildman–Crippen LogP) is 2.20. The quantitative estimate of drug-likeness (QED) is 0.416. The van der Waals surface area contributed by atoms with Crippen LogP contribution in [-0.4, -0.2) is 37.0 Å². The summed E-state index contributed by atoms with van der Waals surface area (Å²) in [5.41, 5.74) is 3.53. The van der Waals surface area contributed by atoms with Gasteiger partial charge in [0.05, 0.1) is 11.2 Å². The van der Waals surface area contributed by atoms with Crippen LogP contribution in [0.25, 0.3) is 0 Å². The number of rotatable bonds is 6. The molecule has 0 aliphatic carbocycles. The second-order valence-electron chi connectivity index (χ2n) is 5.00. The van der Waals surface area contributed by atoms with Gasteiger partial charge in [-0.2, -0.15) is 0 Å². The third-order valence-corrected chi connectivity index (χ3v) is 4.43. The molecule has 0 bridgehead atoms. The number of hydrogen-bond acceptors (Lipinski definition) is 4. The van der Waals surface area contributed by atoms with Gasteiger partial charge >= 0.3 is 0 Å². The maximum Gasteiger partial charge on any atom is 0.263 e. The van der Waals surface area contributed by atoms with E-state index in [0.717, 1.165) is 11.3 Å². The van der Waals surface area contributed by atoms with Gasteiger partial charge in [0.15, 0.2) is 5.96 Å². The van der Waals surface area contributed by atoms with E-state index in [4.69, 9.17) is 11.6 Å². The Morgan fingerprint density at radius 2 is 1.92 bits per heavy atom. The lowest BCUT2D eigenvalue weighted by Crippen LogP contribution is -2.41. The summed E-state index contributed by atoms with van der Waals surface area (Å²) in [7, 11) is 1.70. The van der Waals surface area contributed by atoms with Gasteiger partial charge in [-0.15, -0.1) is 11.3 Å². The standard InChI is InChI=1S/C16H20ClN5OS/c1-11-14(24-10-22-11)15(23)19-7-8-20-16(18-2)21-9-12-3-5-13(17)6-4-12/h3-6,10H,7-9H2,1-2H3,(H,19,23)(H2,18,20,21). The summed E-state index contributed by atoms with van der Waals surface area (Å²) < 4.78 is 0. The average Bonchev–Trinajstić information content (AvgIpc) is 3.01. The van der Waals surface area contributed by atoms with E-state index < -0.39 is 0 Å². The average molecular weight is 366 g/mol. The predicted molar refractivity (Wildman–Crippen MR) is 98.8 cm³/mol. The number of hydrogen-bond donors (Lipinski definition) is 3. The smallest absolute Gasteiger partial charge is 0.263 e. The largest absolute Gasteiger partial charge is 0.355 e. The van der Waals surface area contributed by atoms with Crippen LogP contribution in [0.1, 0.15) is 20.9 Å². The lowest BCUT2D eigenvalue weighted by molar-refractivity contribution is 0.0957. The molecule has 0 radical (unpaired) electrons. The molecule has 0 fully saturated rings. The fraction of sp³-hybridized carbons (Fsp3) is 0.312. The summed E-state index contributed by atoms with van der Waals surface area (Å²) in [5.74, 6) is 0.578. The Morgan fingerprint density at radius 3 is 2.54 bits per heavy atom. The lowest BCUT2D eigenvalue weighted by Gasteiger charge is -2.12. The number of halogens is 1. The molecule has 0 atom stereocenters. The third-order valence-electron chi connectivity index (χ3n) is 3.25. The number of aryl methyl sites for hydroxylation is 1. The Bertz CT molecular complexity index is 699. The molecule has 6 nitrogen and oxygen atoms in total. The molecule has 0 aliphatic heterocycles. The number of thiazole rings is 1. The van der Waals surface area contributed by atoms with E-state index in [1.54, 1.807) is 12.6 Å². The van der Waals surface area contributed by atoms with Crippen LogP contribution in [0.2, 0.25) is 5.02 Å². The molecule has 0 unspecified atom stereocenters. The maximum absolute atomic E-state index is 12.0. The van der Waals surface area contributed by atoms with Gasteiger partial charge in [0.25, 0.3) is 5.91 Å². The molecule has 1 heterocycles. The van der Waals surface area contributed by atoms with E-state index in [1.807, 2.05) is 31.2 Å². The molecule has 0 saturated carbocycles. The molecule has 3 N–H and O–H groups in total. The normalized spacial score (nSPS) is 11.2. The molecule has 24 heavy (non-hydrogen) atoms. The van der Waals surface area contributed by atoms with Gasteiger partial charge in [-0.3, -0.25) is 9.79 Å². The highest BCUT2D eigenvalue weighted by molar-refractivity contribution is 7.11. The van der Waals surface area contributed by atoms with Crippen molar-refractivity contribution in [2.24, 2.45) is 4.99 Å². The van der Waals surface area contributed by atoms with Crippen LogP contribution < -0.4 is 16.0 Å². The second kappa shape index (κ2) is 9.24. The summed E-state index contributed by atoms with van der Waals surface area (Å²) in [6.07, 6.45) is 0. The first-order valence-corrected chi connectivity index (χ1v) is 8.73. The van der Waals surface area contributed by atoms with Crippen molar-refractivity contribution in [2.45, 2.75) is 13.5 Å². The second-order valence-corrected chi connectivity index (χ2v) is 6.29. The molecule has 0 spiro atoms. The number of carbonyl (C=O) groups is 1. The van der Waals surface area contributed by atoms with Crippen molar-refractivity contribution in [3.05, 3.63) is 50.9 Å². The molecular formula is C16H20ClN5OS. The highest BCUT2D eigenvalue weighted by atomic mass is 35.5. The number of nitrogens with one attached hydrogen (secondary N) is 3. The Labute approximate surface area is 150 Å². The molecule has 2 rings (SSSR count). The lowest BCUT2D eigenvalue weighted by atomic mass is 10.2. The Morgan fingerprint density at radius 1 is 1.21 bits per heavy atom. The van der Waals surface area contributed by atoms with Crippen molar-refractivity contribution in [2.75, 3.05) is 20.1 Å². The molecule has 2 aromatic rings. The number of benzene rings is 1. The van der Waals surface area contributed by atoms with Gasteiger partial charge in [-0.25, -0.2) is 4.98 Å². The summed E-state index contributed by atoms with van der Waals surface area (Å²) in [6.45, 7) is 3.54. The van der Waals surface area contributed by atoms with Crippen LogP contribution in [0.3, 0.4) is 0 Å². The van der Waals surface area contributed by atoms with Crippen LogP contribution >= 0.6 is 22.9 Å². The van der Waals surface area contributed by atoms with Crippen molar-refractivity contribution in [3.8, 4) is 0 Å². The van der Waals surface area contributed by atoms with Crippen LogP contribution in [0.5, 0.6) is 0 Å². The first-order valence-electron chi connectivity index (χ1n) is 7.47. The number of aliphatic imine (C=N–C) groups is 1. The van der Waals surface area contributed by atoms with Crippen molar-refractivity contribution in [1.29, 1.82) is 0 Å². The zero-order chi connectivity index (χ0) is 17.4. The van der Waals surface area contributed by atoms with E-state index in [0.29, 0.717) is 35.5 Å². The minimum Gasteiger partial charge on any atom is -0.355 e. The summed E-state index contributed by atoms with van der Waals surface area (Å²) in [5, 5.41) is 9.93. The van der Waals surface area contributed by atoms with Crippen molar-refractivity contribution in [1.82, 2.24) is 20.9 Å². The van der Waals surface area contributed by atoms with Crippen molar-refractivity contribution >= 4 is 34.8 Å². The molecule has 1 amide bonds. The van der Waals surface area contributed by atoms with Crippen molar-refractivity contribution < 1.29 is 4.79 Å². The molecule has 1 aromatic carbocycles. The van der Waals surface area contributed by atoms with Crippen LogP contribution in [0.15, 0.2) is 34.8 Å². The molecular weight excluding hydrogens is 346 g/mol. The summed E-state index contributed by atoms with van der Waals surface area (Å²) in [6, 6.07) is 7.62. The minimum absolute atomic E-state index is 0.0964. The van der Waals surface area contributed by atoms with E-state index in [-0.39, 0.29) is 5.91 Å². The van der Waals surface area contributed by atoms with Gasteiger partial charge in [0, 0.05) is 31.7 Å². The van der Waals surface area contributed by atoms with E-state index >= 15 is 0 Å². The van der Waals surface area contributed by atoms with Gasteiger partial charge in [-0.1, -0.05) is 23.7 Å². The minimum atomic E-state index is -0.0964. The number of aromatic nitrogens is 1. The van der Waals surface area contributed by atoms with Gasteiger partial charge in [-0.05, 0) is 24.6 Å². The third kappa shape index (κ3) is 5.50. The highest BCUT2D eigenvalue weighted by Crippen LogP contribution is 2.11.